The maximum absolute atomic E-state index is 5.18. The van der Waals surface area contributed by atoms with E-state index in [1.54, 1.807) is 7.11 Å². The molecule has 0 unspecified atom stereocenters. The van der Waals surface area contributed by atoms with E-state index in [1.165, 1.54) is 0 Å². The van der Waals surface area contributed by atoms with Gasteiger partial charge in [-0.15, -0.1) is 0 Å². The van der Waals surface area contributed by atoms with Gasteiger partial charge in [-0.25, -0.2) is 4.98 Å². The maximum atomic E-state index is 5.18. The molecule has 0 aliphatic rings. The zero-order chi connectivity index (χ0) is 12.3. The van der Waals surface area contributed by atoms with Gasteiger partial charge in [0.15, 0.2) is 0 Å². The minimum Gasteiger partial charge on any atom is -0.382 e. The molecule has 17 heavy (non-hydrogen) atoms. The minimum absolute atomic E-state index is 0.121. The molecule has 0 atom stereocenters. The zero-order valence-electron chi connectivity index (χ0n) is 10.5. The molecule has 1 heterocycles. The second-order valence-electron chi connectivity index (χ2n) is 4.83. The predicted molar refractivity (Wildman–Crippen MR) is 71.3 cm³/mol. The largest absolute Gasteiger partial charge is 0.382 e. The number of aromatic nitrogens is 1. The molecule has 1 aromatic carbocycles. The fraction of sp³-hybridized carbons (Fsp3) is 0.357. The summed E-state index contributed by atoms with van der Waals surface area (Å²) in [6.45, 7) is 4.82. The molecular formula is C14H18N2O. The second kappa shape index (κ2) is 4.72. The quantitative estimate of drug-likeness (QED) is 0.876. The topological polar surface area (TPSA) is 34.1 Å². The molecule has 0 aliphatic heterocycles. The van der Waals surface area contributed by atoms with Gasteiger partial charge in [0, 0.05) is 12.5 Å². The Morgan fingerprint density at radius 2 is 1.94 bits per heavy atom. The molecule has 3 heteroatoms. The molecule has 90 valence electrons. The number of nitrogens with one attached hydrogen (secondary N) is 1. The van der Waals surface area contributed by atoms with Crippen molar-refractivity contribution in [3.05, 3.63) is 36.4 Å². The van der Waals surface area contributed by atoms with Gasteiger partial charge in [0.1, 0.15) is 5.82 Å². The molecule has 0 radical (unpaired) electrons. The molecule has 2 aromatic rings. The number of anilines is 1. The SMILES string of the molecule is COCC(C)(C)Nc1ccc2ccccc2n1. The van der Waals surface area contributed by atoms with Gasteiger partial charge in [0.25, 0.3) is 0 Å². The van der Waals surface area contributed by atoms with Crippen LogP contribution in [0.15, 0.2) is 36.4 Å². The van der Waals surface area contributed by atoms with E-state index in [1.807, 2.05) is 24.3 Å². The van der Waals surface area contributed by atoms with Crippen LogP contribution in [0.25, 0.3) is 10.9 Å². The molecule has 0 fully saturated rings. The highest BCUT2D eigenvalue weighted by Crippen LogP contribution is 2.18. The van der Waals surface area contributed by atoms with Gasteiger partial charge < -0.3 is 10.1 Å². The Morgan fingerprint density at radius 1 is 1.18 bits per heavy atom. The van der Waals surface area contributed by atoms with Gasteiger partial charge in [-0.2, -0.15) is 0 Å². The summed E-state index contributed by atoms with van der Waals surface area (Å²) < 4.78 is 5.18. The van der Waals surface area contributed by atoms with E-state index in [0.29, 0.717) is 6.61 Å². The molecule has 1 N–H and O–H groups in total. The van der Waals surface area contributed by atoms with E-state index in [-0.39, 0.29) is 5.54 Å². The van der Waals surface area contributed by atoms with Crippen LogP contribution in [-0.4, -0.2) is 24.2 Å². The number of para-hydroxylation sites is 1. The van der Waals surface area contributed by atoms with Gasteiger partial charge >= 0.3 is 0 Å². The van der Waals surface area contributed by atoms with Crippen LogP contribution in [0, 0.1) is 0 Å². The first-order valence-electron chi connectivity index (χ1n) is 5.74. The average Bonchev–Trinajstić information content (AvgIpc) is 2.28. The van der Waals surface area contributed by atoms with E-state index in [9.17, 15) is 0 Å². The third-order valence-electron chi connectivity index (χ3n) is 2.57. The van der Waals surface area contributed by atoms with Crippen LogP contribution in [0.2, 0.25) is 0 Å². The van der Waals surface area contributed by atoms with Crippen molar-refractivity contribution in [3.63, 3.8) is 0 Å². The summed E-state index contributed by atoms with van der Waals surface area (Å²) in [4.78, 5) is 4.58. The van der Waals surface area contributed by atoms with Crippen LogP contribution >= 0.6 is 0 Å². The van der Waals surface area contributed by atoms with Gasteiger partial charge in [-0.1, -0.05) is 18.2 Å². The molecule has 1 aromatic heterocycles. The standard InChI is InChI=1S/C14H18N2O/c1-14(2,10-17-3)16-13-9-8-11-6-4-5-7-12(11)15-13/h4-9H,10H2,1-3H3,(H,15,16). The van der Waals surface area contributed by atoms with Crippen LogP contribution in [0.3, 0.4) is 0 Å². The lowest BCUT2D eigenvalue weighted by molar-refractivity contribution is 0.158. The van der Waals surface area contributed by atoms with E-state index < -0.39 is 0 Å². The first-order chi connectivity index (χ1) is 8.11. The van der Waals surface area contributed by atoms with Crippen LogP contribution < -0.4 is 5.32 Å². The van der Waals surface area contributed by atoms with Gasteiger partial charge in [-0.3, -0.25) is 0 Å². The molecular weight excluding hydrogens is 212 g/mol. The lowest BCUT2D eigenvalue weighted by Gasteiger charge is -2.26. The van der Waals surface area contributed by atoms with Crippen LogP contribution in [0.5, 0.6) is 0 Å². The Balaban J connectivity index is 2.25. The fourth-order valence-electron chi connectivity index (χ4n) is 1.88. The normalized spacial score (nSPS) is 11.7. The summed E-state index contributed by atoms with van der Waals surface area (Å²) in [7, 11) is 1.71. The Labute approximate surface area is 102 Å². The fourth-order valence-corrected chi connectivity index (χ4v) is 1.88. The predicted octanol–water partition coefficient (Wildman–Crippen LogP) is 3.07. The van der Waals surface area contributed by atoms with Crippen LogP contribution in [-0.2, 0) is 4.74 Å². The van der Waals surface area contributed by atoms with E-state index in [4.69, 9.17) is 4.74 Å². The molecule has 0 bridgehead atoms. The number of rotatable bonds is 4. The third-order valence-corrected chi connectivity index (χ3v) is 2.57. The molecule has 0 aliphatic carbocycles. The number of hydrogen-bond donors (Lipinski definition) is 1. The Hall–Kier alpha value is -1.61. The number of pyridine rings is 1. The summed E-state index contributed by atoms with van der Waals surface area (Å²) in [6, 6.07) is 12.2. The number of fused-ring (bicyclic) bond motifs is 1. The molecule has 2 rings (SSSR count). The first-order valence-corrected chi connectivity index (χ1v) is 5.74. The zero-order valence-corrected chi connectivity index (χ0v) is 10.5. The molecule has 0 amide bonds. The molecule has 0 saturated heterocycles. The summed E-state index contributed by atoms with van der Waals surface area (Å²) >= 11 is 0. The number of hydrogen-bond acceptors (Lipinski definition) is 3. The summed E-state index contributed by atoms with van der Waals surface area (Å²) in [5, 5.41) is 4.53. The van der Waals surface area contributed by atoms with Crippen molar-refractivity contribution >= 4 is 16.7 Å². The monoisotopic (exact) mass is 230 g/mol. The molecule has 3 nitrogen and oxygen atoms in total. The highest BCUT2D eigenvalue weighted by molar-refractivity contribution is 5.80. The Bertz CT molecular complexity index is 508. The smallest absolute Gasteiger partial charge is 0.127 e. The van der Waals surface area contributed by atoms with Crippen LogP contribution in [0.1, 0.15) is 13.8 Å². The summed E-state index contributed by atoms with van der Waals surface area (Å²) in [6.07, 6.45) is 0. The lowest BCUT2D eigenvalue weighted by Crippen LogP contribution is -2.36. The van der Waals surface area contributed by atoms with Crippen molar-refractivity contribution in [3.8, 4) is 0 Å². The Morgan fingerprint density at radius 3 is 2.71 bits per heavy atom. The van der Waals surface area contributed by atoms with Gasteiger partial charge in [0.05, 0.1) is 17.7 Å². The molecule has 0 saturated carbocycles. The number of methoxy groups -OCH3 is 1. The van der Waals surface area contributed by atoms with Gasteiger partial charge in [0.2, 0.25) is 0 Å². The van der Waals surface area contributed by atoms with E-state index in [2.05, 4.69) is 36.3 Å². The Kier molecular flexibility index (Phi) is 3.29. The highest BCUT2D eigenvalue weighted by atomic mass is 16.5. The van der Waals surface area contributed by atoms with Crippen molar-refractivity contribution in [2.45, 2.75) is 19.4 Å². The van der Waals surface area contributed by atoms with Crippen molar-refractivity contribution in [2.75, 3.05) is 19.0 Å². The van der Waals surface area contributed by atoms with Gasteiger partial charge in [-0.05, 0) is 32.0 Å². The lowest BCUT2D eigenvalue weighted by atomic mass is 10.1. The summed E-state index contributed by atoms with van der Waals surface area (Å²) in [5.74, 6) is 0.880. The second-order valence-corrected chi connectivity index (χ2v) is 4.83. The van der Waals surface area contributed by atoms with Crippen molar-refractivity contribution in [1.29, 1.82) is 0 Å². The number of benzene rings is 1. The van der Waals surface area contributed by atoms with Crippen molar-refractivity contribution in [1.82, 2.24) is 4.98 Å². The van der Waals surface area contributed by atoms with E-state index >= 15 is 0 Å². The molecule has 0 spiro atoms. The summed E-state index contributed by atoms with van der Waals surface area (Å²) in [5.41, 5.74) is 0.884. The van der Waals surface area contributed by atoms with Crippen molar-refractivity contribution < 1.29 is 4.74 Å². The van der Waals surface area contributed by atoms with Crippen LogP contribution in [0.4, 0.5) is 5.82 Å². The maximum Gasteiger partial charge on any atom is 0.127 e. The number of nitrogens with zero attached hydrogens (tertiary/aromatic N) is 1. The first kappa shape index (κ1) is 11.9. The number of ether oxygens (including phenoxy) is 1. The highest BCUT2D eigenvalue weighted by Gasteiger charge is 2.17. The average molecular weight is 230 g/mol. The van der Waals surface area contributed by atoms with E-state index in [0.717, 1.165) is 16.7 Å². The third kappa shape index (κ3) is 2.94. The van der Waals surface area contributed by atoms with Crippen molar-refractivity contribution in [2.24, 2.45) is 0 Å². The minimum atomic E-state index is -0.121.